The Morgan fingerprint density at radius 1 is 1.06 bits per heavy atom. The zero-order chi connectivity index (χ0) is 12.3. The smallest absolute Gasteiger partial charge is 0.210 e. The van der Waals surface area contributed by atoms with Crippen molar-refractivity contribution in [1.29, 1.82) is 0 Å². The molecule has 8 heteroatoms. The van der Waals surface area contributed by atoms with E-state index in [-0.39, 0.29) is 32.4 Å². The van der Waals surface area contributed by atoms with Crippen molar-refractivity contribution in [3.05, 3.63) is 27.2 Å². The molecule has 0 atom stereocenters. The molecular formula is C8H7Cl4NO2S. The highest BCUT2D eigenvalue weighted by atomic mass is 35.5. The number of rotatable bonds is 4. The summed E-state index contributed by atoms with van der Waals surface area (Å²) in [7, 11) is -3.70. The molecule has 1 aromatic carbocycles. The SMILES string of the molecule is O=S(=O)(NCCCl)c1cc(Cl)c(Cl)cc1Cl. The molecule has 0 aliphatic rings. The van der Waals surface area contributed by atoms with Gasteiger partial charge in [0.1, 0.15) is 4.90 Å². The normalized spacial score (nSPS) is 11.8. The largest absolute Gasteiger partial charge is 0.242 e. The number of alkyl halides is 1. The van der Waals surface area contributed by atoms with E-state index in [1.165, 1.54) is 12.1 Å². The quantitative estimate of drug-likeness (QED) is 0.683. The van der Waals surface area contributed by atoms with Crippen molar-refractivity contribution in [2.24, 2.45) is 0 Å². The van der Waals surface area contributed by atoms with Crippen molar-refractivity contribution in [3.63, 3.8) is 0 Å². The van der Waals surface area contributed by atoms with E-state index in [0.29, 0.717) is 0 Å². The topological polar surface area (TPSA) is 46.2 Å². The molecule has 0 saturated carbocycles. The molecule has 0 aliphatic heterocycles. The number of benzene rings is 1. The lowest BCUT2D eigenvalue weighted by Crippen LogP contribution is -2.25. The van der Waals surface area contributed by atoms with Gasteiger partial charge in [-0.3, -0.25) is 0 Å². The van der Waals surface area contributed by atoms with Gasteiger partial charge in [0, 0.05) is 12.4 Å². The van der Waals surface area contributed by atoms with Crippen molar-refractivity contribution in [1.82, 2.24) is 4.72 Å². The maximum absolute atomic E-state index is 11.7. The molecule has 0 amide bonds. The van der Waals surface area contributed by atoms with Gasteiger partial charge in [0.25, 0.3) is 0 Å². The Balaban J connectivity index is 3.18. The van der Waals surface area contributed by atoms with E-state index in [9.17, 15) is 8.42 Å². The van der Waals surface area contributed by atoms with Crippen LogP contribution in [0.15, 0.2) is 17.0 Å². The van der Waals surface area contributed by atoms with Crippen molar-refractivity contribution < 1.29 is 8.42 Å². The molecule has 3 nitrogen and oxygen atoms in total. The van der Waals surface area contributed by atoms with Gasteiger partial charge in [-0.2, -0.15) is 0 Å². The summed E-state index contributed by atoms with van der Waals surface area (Å²) in [4.78, 5) is -0.117. The Bertz CT molecular complexity index is 489. The summed E-state index contributed by atoms with van der Waals surface area (Å²) in [6, 6.07) is 2.48. The average Bonchev–Trinajstić information content (AvgIpc) is 2.20. The van der Waals surface area contributed by atoms with Crippen molar-refractivity contribution in [2.45, 2.75) is 4.90 Å². The van der Waals surface area contributed by atoms with Crippen LogP contribution in [0.1, 0.15) is 0 Å². The lowest BCUT2D eigenvalue weighted by molar-refractivity contribution is 0.584. The van der Waals surface area contributed by atoms with Gasteiger partial charge in [0.05, 0.1) is 15.1 Å². The van der Waals surface area contributed by atoms with Gasteiger partial charge in [-0.1, -0.05) is 34.8 Å². The third-order valence-corrected chi connectivity index (χ3v) is 4.49. The van der Waals surface area contributed by atoms with Crippen molar-refractivity contribution in [2.75, 3.05) is 12.4 Å². The molecule has 1 aromatic rings. The van der Waals surface area contributed by atoms with Crippen LogP contribution in [-0.2, 0) is 10.0 Å². The van der Waals surface area contributed by atoms with Crippen LogP contribution in [0.2, 0.25) is 15.1 Å². The standard InChI is InChI=1S/C8H7Cl4NO2S/c9-1-2-13-16(14,15)8-4-6(11)5(10)3-7(8)12/h3-4,13H,1-2H2. The van der Waals surface area contributed by atoms with Gasteiger partial charge >= 0.3 is 0 Å². The van der Waals surface area contributed by atoms with Gasteiger partial charge in [0.15, 0.2) is 0 Å². The first-order chi connectivity index (χ1) is 7.38. The highest BCUT2D eigenvalue weighted by Gasteiger charge is 2.19. The van der Waals surface area contributed by atoms with E-state index in [2.05, 4.69) is 4.72 Å². The van der Waals surface area contributed by atoms with Crippen molar-refractivity contribution in [3.8, 4) is 0 Å². The molecule has 0 spiro atoms. The van der Waals surface area contributed by atoms with Crippen LogP contribution >= 0.6 is 46.4 Å². The molecule has 90 valence electrons. The van der Waals surface area contributed by atoms with Crippen LogP contribution in [0.25, 0.3) is 0 Å². The second-order valence-corrected chi connectivity index (χ2v) is 6.12. The average molecular weight is 323 g/mol. The van der Waals surface area contributed by atoms with Crippen LogP contribution in [0.5, 0.6) is 0 Å². The summed E-state index contributed by atoms with van der Waals surface area (Å²) < 4.78 is 25.7. The molecule has 0 fully saturated rings. The number of halogens is 4. The monoisotopic (exact) mass is 321 g/mol. The van der Waals surface area contributed by atoms with E-state index in [0.717, 1.165) is 0 Å². The van der Waals surface area contributed by atoms with E-state index in [1.807, 2.05) is 0 Å². The minimum Gasteiger partial charge on any atom is -0.210 e. The Morgan fingerprint density at radius 3 is 2.19 bits per heavy atom. The molecule has 0 unspecified atom stereocenters. The Labute approximate surface area is 114 Å². The number of nitrogens with one attached hydrogen (secondary N) is 1. The fourth-order valence-electron chi connectivity index (χ4n) is 0.961. The van der Waals surface area contributed by atoms with E-state index in [4.69, 9.17) is 46.4 Å². The zero-order valence-electron chi connectivity index (χ0n) is 7.81. The number of hydrogen-bond acceptors (Lipinski definition) is 2. The second kappa shape index (κ2) is 5.76. The fourth-order valence-corrected chi connectivity index (χ4v) is 3.20. The third-order valence-electron chi connectivity index (χ3n) is 1.65. The Hall–Kier alpha value is 0.290. The molecule has 1 rings (SSSR count). The van der Waals surface area contributed by atoms with Gasteiger partial charge in [-0.25, -0.2) is 13.1 Å². The highest BCUT2D eigenvalue weighted by molar-refractivity contribution is 7.89. The van der Waals surface area contributed by atoms with Crippen LogP contribution in [0.3, 0.4) is 0 Å². The number of sulfonamides is 1. The van der Waals surface area contributed by atoms with Crippen LogP contribution < -0.4 is 4.72 Å². The Kier molecular flexibility index (Phi) is 5.16. The first kappa shape index (κ1) is 14.4. The predicted octanol–water partition coefficient (Wildman–Crippen LogP) is 3.16. The molecule has 0 aliphatic carbocycles. The third kappa shape index (κ3) is 3.39. The van der Waals surface area contributed by atoms with Crippen LogP contribution in [0, 0.1) is 0 Å². The molecule has 0 bridgehead atoms. The lowest BCUT2D eigenvalue weighted by Gasteiger charge is -2.08. The van der Waals surface area contributed by atoms with E-state index < -0.39 is 10.0 Å². The van der Waals surface area contributed by atoms with Gasteiger partial charge in [-0.05, 0) is 12.1 Å². The zero-order valence-corrected chi connectivity index (χ0v) is 11.6. The first-order valence-corrected chi connectivity index (χ1v) is 7.24. The first-order valence-electron chi connectivity index (χ1n) is 4.08. The van der Waals surface area contributed by atoms with E-state index in [1.54, 1.807) is 0 Å². The van der Waals surface area contributed by atoms with Gasteiger partial charge in [0.2, 0.25) is 10.0 Å². The molecule has 16 heavy (non-hydrogen) atoms. The summed E-state index contributed by atoms with van der Waals surface area (Å²) in [5.41, 5.74) is 0. The van der Waals surface area contributed by atoms with Crippen molar-refractivity contribution >= 4 is 56.4 Å². The minimum absolute atomic E-state index is 0.0106. The molecule has 0 aromatic heterocycles. The maximum Gasteiger partial charge on any atom is 0.242 e. The van der Waals surface area contributed by atoms with Gasteiger partial charge < -0.3 is 0 Å². The van der Waals surface area contributed by atoms with Crippen LogP contribution in [0.4, 0.5) is 0 Å². The summed E-state index contributed by atoms with van der Waals surface area (Å²) in [5.74, 6) is 0.165. The van der Waals surface area contributed by atoms with E-state index >= 15 is 0 Å². The van der Waals surface area contributed by atoms with Crippen LogP contribution in [-0.4, -0.2) is 20.8 Å². The summed E-state index contributed by atoms with van der Waals surface area (Å²) in [6.45, 7) is 0.112. The number of hydrogen-bond donors (Lipinski definition) is 1. The fraction of sp³-hybridized carbons (Fsp3) is 0.250. The Morgan fingerprint density at radius 2 is 1.62 bits per heavy atom. The molecule has 0 saturated heterocycles. The predicted molar refractivity (Wildman–Crippen MR) is 67.4 cm³/mol. The summed E-state index contributed by atoms with van der Waals surface area (Å²) in [6.07, 6.45) is 0. The molecule has 0 heterocycles. The maximum atomic E-state index is 11.7. The highest BCUT2D eigenvalue weighted by Crippen LogP contribution is 2.31. The second-order valence-electron chi connectivity index (χ2n) is 2.78. The van der Waals surface area contributed by atoms with Gasteiger partial charge in [-0.15, -0.1) is 11.6 Å². The molecule has 1 N–H and O–H groups in total. The molecular weight excluding hydrogens is 316 g/mol. The minimum atomic E-state index is -3.70. The lowest BCUT2D eigenvalue weighted by atomic mass is 10.4. The summed E-state index contributed by atoms with van der Waals surface area (Å²) in [5, 5.41) is 0.330. The summed E-state index contributed by atoms with van der Waals surface area (Å²) >= 11 is 22.6. The molecule has 0 radical (unpaired) electrons.